The number of guanidine groups is 1. The number of sulfonamides is 1. The van der Waals surface area contributed by atoms with Crippen LogP contribution >= 0.6 is 24.0 Å². The quantitative estimate of drug-likeness (QED) is 0.251. The van der Waals surface area contributed by atoms with Gasteiger partial charge < -0.3 is 11.1 Å². The molecule has 0 amide bonds. The van der Waals surface area contributed by atoms with Crippen LogP contribution in [-0.2, 0) is 10.0 Å². The fourth-order valence-electron chi connectivity index (χ4n) is 1.92. The Kier molecular flexibility index (Phi) is 8.04. The van der Waals surface area contributed by atoms with Gasteiger partial charge in [-0.05, 0) is 30.9 Å². The lowest BCUT2D eigenvalue weighted by atomic mass is 9.86. The Morgan fingerprint density at radius 2 is 2.18 bits per heavy atom. The zero-order valence-corrected chi connectivity index (χ0v) is 15.4. The fraction of sp³-hybridized carbons (Fsp3) is 0.538. The van der Waals surface area contributed by atoms with E-state index in [0.717, 1.165) is 6.54 Å². The number of pyridine rings is 1. The van der Waals surface area contributed by atoms with Gasteiger partial charge in [0.2, 0.25) is 10.0 Å². The van der Waals surface area contributed by atoms with Crippen LogP contribution in [0.1, 0.15) is 19.3 Å². The lowest BCUT2D eigenvalue weighted by Crippen LogP contribution is -2.38. The summed E-state index contributed by atoms with van der Waals surface area (Å²) in [7, 11) is -3.51. The molecule has 22 heavy (non-hydrogen) atoms. The summed E-state index contributed by atoms with van der Waals surface area (Å²) < 4.78 is 26.3. The maximum Gasteiger partial charge on any atom is 0.242 e. The van der Waals surface area contributed by atoms with Gasteiger partial charge in [-0.1, -0.05) is 6.42 Å². The average molecular weight is 439 g/mol. The number of nitrogens with zero attached hydrogens (tertiary/aromatic N) is 2. The molecule has 1 aliphatic carbocycles. The summed E-state index contributed by atoms with van der Waals surface area (Å²) >= 11 is 0. The highest BCUT2D eigenvalue weighted by molar-refractivity contribution is 14.0. The van der Waals surface area contributed by atoms with E-state index in [0.29, 0.717) is 18.4 Å². The summed E-state index contributed by atoms with van der Waals surface area (Å²) in [6.45, 7) is 1.37. The van der Waals surface area contributed by atoms with E-state index in [1.54, 1.807) is 6.07 Å². The maximum absolute atomic E-state index is 11.9. The van der Waals surface area contributed by atoms with Crippen molar-refractivity contribution < 1.29 is 8.42 Å². The van der Waals surface area contributed by atoms with Crippen LogP contribution in [0.5, 0.6) is 0 Å². The second-order valence-corrected chi connectivity index (χ2v) is 6.80. The number of aliphatic imine (C=N–C) groups is 1. The van der Waals surface area contributed by atoms with Crippen LogP contribution < -0.4 is 15.8 Å². The monoisotopic (exact) mass is 439 g/mol. The highest BCUT2D eigenvalue weighted by Gasteiger charge is 2.16. The molecule has 0 aliphatic heterocycles. The molecule has 9 heteroatoms. The molecule has 1 aromatic rings. The van der Waals surface area contributed by atoms with Crippen molar-refractivity contribution in [1.29, 1.82) is 0 Å². The van der Waals surface area contributed by atoms with Crippen LogP contribution in [0.2, 0.25) is 0 Å². The topological polar surface area (TPSA) is 109 Å². The third kappa shape index (κ3) is 6.05. The molecule has 1 heterocycles. The smallest absolute Gasteiger partial charge is 0.242 e. The second kappa shape index (κ2) is 9.26. The predicted molar refractivity (Wildman–Crippen MR) is 96.7 cm³/mol. The molecule has 0 aromatic carbocycles. The van der Waals surface area contributed by atoms with Gasteiger partial charge in [0.05, 0.1) is 0 Å². The third-order valence-corrected chi connectivity index (χ3v) is 4.86. The van der Waals surface area contributed by atoms with Gasteiger partial charge in [0.15, 0.2) is 5.96 Å². The Labute approximate surface area is 148 Å². The van der Waals surface area contributed by atoms with E-state index in [1.807, 2.05) is 0 Å². The molecule has 0 unspecified atom stereocenters. The van der Waals surface area contributed by atoms with Crippen molar-refractivity contribution >= 4 is 40.0 Å². The van der Waals surface area contributed by atoms with E-state index in [-0.39, 0.29) is 35.4 Å². The van der Waals surface area contributed by atoms with Crippen LogP contribution in [0.3, 0.4) is 0 Å². The van der Waals surface area contributed by atoms with E-state index in [1.165, 1.54) is 37.7 Å². The van der Waals surface area contributed by atoms with Crippen LogP contribution in [0.4, 0.5) is 0 Å². The summed E-state index contributed by atoms with van der Waals surface area (Å²) in [6.07, 6.45) is 6.57. The van der Waals surface area contributed by atoms with E-state index in [4.69, 9.17) is 5.73 Å². The number of hydrogen-bond acceptors (Lipinski definition) is 4. The van der Waals surface area contributed by atoms with Gasteiger partial charge in [-0.3, -0.25) is 9.98 Å². The number of nitrogens with two attached hydrogens (primary N) is 1. The van der Waals surface area contributed by atoms with Crippen LogP contribution in [-0.4, -0.2) is 39.0 Å². The van der Waals surface area contributed by atoms with Crippen molar-refractivity contribution in [3.63, 3.8) is 0 Å². The zero-order chi connectivity index (χ0) is 15.1. The maximum atomic E-state index is 11.9. The second-order valence-electron chi connectivity index (χ2n) is 5.04. The molecular weight excluding hydrogens is 417 g/mol. The van der Waals surface area contributed by atoms with Gasteiger partial charge in [-0.25, -0.2) is 13.1 Å². The largest absolute Gasteiger partial charge is 0.370 e. The van der Waals surface area contributed by atoms with Crippen molar-refractivity contribution in [3.05, 3.63) is 24.5 Å². The number of halogens is 1. The van der Waals surface area contributed by atoms with Gasteiger partial charge in [0.25, 0.3) is 0 Å². The Morgan fingerprint density at radius 1 is 1.41 bits per heavy atom. The van der Waals surface area contributed by atoms with Crippen molar-refractivity contribution in [2.75, 3.05) is 19.6 Å². The van der Waals surface area contributed by atoms with E-state index < -0.39 is 10.0 Å². The lowest BCUT2D eigenvalue weighted by molar-refractivity contribution is 0.326. The Balaban J connectivity index is 0.00000242. The first kappa shape index (κ1) is 19.1. The Hall–Kier alpha value is -0.940. The molecule has 0 radical (unpaired) electrons. The van der Waals surface area contributed by atoms with Crippen LogP contribution in [0, 0.1) is 5.92 Å². The minimum absolute atomic E-state index is 0. The highest BCUT2D eigenvalue weighted by Crippen LogP contribution is 2.26. The standard InChI is InChI=1S/C13H21N5O2S.HI/c14-13(17-9-11-3-1-4-11)16-7-8-18-21(19,20)12-5-2-6-15-10-12;/h2,5-6,10-11,18H,1,3-4,7-9H2,(H3,14,16,17);1H. The molecule has 1 fully saturated rings. The summed E-state index contributed by atoms with van der Waals surface area (Å²) in [4.78, 5) is 8.17. The predicted octanol–water partition coefficient (Wildman–Crippen LogP) is 0.682. The molecule has 1 aromatic heterocycles. The van der Waals surface area contributed by atoms with Gasteiger partial charge >= 0.3 is 0 Å². The van der Waals surface area contributed by atoms with Crippen molar-refractivity contribution in [2.24, 2.45) is 16.6 Å². The molecule has 0 saturated heterocycles. The first-order valence-corrected chi connectivity index (χ1v) is 8.50. The first-order valence-electron chi connectivity index (χ1n) is 7.01. The van der Waals surface area contributed by atoms with Crippen molar-refractivity contribution in [2.45, 2.75) is 24.2 Å². The van der Waals surface area contributed by atoms with Crippen molar-refractivity contribution in [3.8, 4) is 0 Å². The molecule has 2 rings (SSSR count). The van der Waals surface area contributed by atoms with Crippen LogP contribution in [0.25, 0.3) is 0 Å². The first-order chi connectivity index (χ1) is 10.1. The zero-order valence-electron chi connectivity index (χ0n) is 12.2. The Morgan fingerprint density at radius 3 is 2.77 bits per heavy atom. The number of rotatable bonds is 7. The average Bonchev–Trinajstić information content (AvgIpc) is 2.43. The molecule has 1 saturated carbocycles. The highest BCUT2D eigenvalue weighted by atomic mass is 127. The number of hydrogen-bond donors (Lipinski definition) is 3. The molecule has 1 aliphatic rings. The van der Waals surface area contributed by atoms with Gasteiger partial charge in [0.1, 0.15) is 4.90 Å². The summed E-state index contributed by atoms with van der Waals surface area (Å²) in [5.74, 6) is 1.02. The molecule has 124 valence electrons. The molecule has 0 spiro atoms. The molecule has 0 atom stereocenters. The van der Waals surface area contributed by atoms with Crippen molar-refractivity contribution in [1.82, 2.24) is 15.0 Å². The summed E-state index contributed by atoms with van der Waals surface area (Å²) in [5, 5.41) is 2.90. The third-order valence-electron chi connectivity index (χ3n) is 3.41. The minimum atomic E-state index is -3.51. The van der Waals surface area contributed by atoms with Gasteiger partial charge in [-0.2, -0.15) is 0 Å². The summed E-state index contributed by atoms with van der Waals surface area (Å²) in [5.41, 5.74) is 5.71. The molecule has 0 bridgehead atoms. The number of nitrogens with one attached hydrogen (secondary N) is 2. The van der Waals surface area contributed by atoms with Crippen LogP contribution in [0.15, 0.2) is 34.4 Å². The van der Waals surface area contributed by atoms with E-state index >= 15 is 0 Å². The summed E-state index contributed by atoms with van der Waals surface area (Å²) in [6, 6.07) is 3.08. The fourth-order valence-corrected chi connectivity index (χ4v) is 2.92. The Bertz CT molecular complexity index is 575. The van der Waals surface area contributed by atoms with Gasteiger partial charge in [0, 0.05) is 32.0 Å². The SMILES string of the molecule is I.NC(=NCC1CCC1)NCCNS(=O)(=O)c1cccnc1. The van der Waals surface area contributed by atoms with Gasteiger partial charge in [-0.15, -0.1) is 24.0 Å². The molecule has 4 N–H and O–H groups in total. The number of aromatic nitrogens is 1. The molecule has 7 nitrogen and oxygen atoms in total. The molecular formula is C13H22IN5O2S. The lowest BCUT2D eigenvalue weighted by Gasteiger charge is -2.23. The van der Waals surface area contributed by atoms with E-state index in [2.05, 4.69) is 20.0 Å². The normalized spacial score (nSPS) is 15.7. The minimum Gasteiger partial charge on any atom is -0.370 e. The van der Waals surface area contributed by atoms with E-state index in [9.17, 15) is 8.42 Å².